The van der Waals surface area contributed by atoms with Crippen molar-refractivity contribution in [3.8, 4) is 5.75 Å². The molecule has 3 rings (SSSR count). The summed E-state index contributed by atoms with van der Waals surface area (Å²) in [6.45, 7) is 4.85. The Morgan fingerprint density at radius 1 is 1.00 bits per heavy atom. The highest BCUT2D eigenvalue weighted by Gasteiger charge is 2.23. The van der Waals surface area contributed by atoms with Gasteiger partial charge in [-0.25, -0.2) is 0 Å². The van der Waals surface area contributed by atoms with Crippen molar-refractivity contribution in [2.24, 2.45) is 0 Å². The molecule has 6 heteroatoms. The molecule has 0 spiro atoms. The van der Waals surface area contributed by atoms with E-state index < -0.39 is 0 Å². The molecule has 6 nitrogen and oxygen atoms in total. The molecule has 1 saturated heterocycles. The van der Waals surface area contributed by atoms with Crippen LogP contribution in [0.5, 0.6) is 5.75 Å². The Labute approximate surface area is 185 Å². The molecule has 1 atom stereocenters. The summed E-state index contributed by atoms with van der Waals surface area (Å²) in [6.07, 6.45) is 3.89. The molecule has 31 heavy (non-hydrogen) atoms. The van der Waals surface area contributed by atoms with Gasteiger partial charge in [0.15, 0.2) is 0 Å². The molecule has 1 heterocycles. The van der Waals surface area contributed by atoms with E-state index in [9.17, 15) is 9.59 Å². The Kier molecular flexibility index (Phi) is 8.47. The molecule has 0 radical (unpaired) electrons. The second kappa shape index (κ2) is 11.5. The van der Waals surface area contributed by atoms with Crippen LogP contribution in [-0.4, -0.2) is 50.0 Å². The quantitative estimate of drug-likeness (QED) is 0.648. The Balaban J connectivity index is 1.52. The Morgan fingerprint density at radius 2 is 1.71 bits per heavy atom. The van der Waals surface area contributed by atoms with E-state index in [0.717, 1.165) is 24.4 Å². The van der Waals surface area contributed by atoms with Crippen LogP contribution in [0.1, 0.15) is 53.2 Å². The van der Waals surface area contributed by atoms with Crippen LogP contribution in [0.3, 0.4) is 0 Å². The van der Waals surface area contributed by atoms with E-state index in [4.69, 9.17) is 4.74 Å². The number of aryl methyl sites for hydroxylation is 1. The molecule has 2 aromatic carbocycles. The number of methoxy groups -OCH3 is 1. The zero-order valence-electron chi connectivity index (χ0n) is 18.5. The molecule has 0 aromatic heterocycles. The van der Waals surface area contributed by atoms with Crippen LogP contribution in [-0.2, 0) is 4.79 Å². The minimum Gasteiger partial charge on any atom is -0.497 e. The average Bonchev–Trinajstić information content (AvgIpc) is 2.80. The monoisotopic (exact) mass is 423 g/mol. The number of rotatable bonds is 9. The molecule has 2 amide bonds. The second-order valence-electron chi connectivity index (χ2n) is 8.01. The number of benzene rings is 2. The number of nitrogens with one attached hydrogen (secondary N) is 2. The Bertz CT molecular complexity index is 861. The highest BCUT2D eigenvalue weighted by atomic mass is 16.5. The fraction of sp³-hybridized carbons (Fsp3) is 0.440. The summed E-state index contributed by atoms with van der Waals surface area (Å²) in [4.78, 5) is 27.2. The van der Waals surface area contributed by atoms with Crippen molar-refractivity contribution in [1.29, 1.82) is 0 Å². The molecule has 0 saturated carbocycles. The number of ether oxygens (including phenoxy) is 1. The first-order chi connectivity index (χ1) is 15.1. The van der Waals surface area contributed by atoms with Gasteiger partial charge in [-0.1, -0.05) is 36.8 Å². The Hall–Kier alpha value is -2.86. The van der Waals surface area contributed by atoms with Gasteiger partial charge >= 0.3 is 0 Å². The van der Waals surface area contributed by atoms with Crippen LogP contribution >= 0.6 is 0 Å². The van der Waals surface area contributed by atoms with E-state index >= 15 is 0 Å². The molecular weight excluding hydrogens is 390 g/mol. The van der Waals surface area contributed by atoms with Gasteiger partial charge < -0.3 is 15.4 Å². The van der Waals surface area contributed by atoms with E-state index in [0.29, 0.717) is 18.7 Å². The number of amides is 2. The fourth-order valence-electron chi connectivity index (χ4n) is 4.03. The maximum atomic E-state index is 12.4. The topological polar surface area (TPSA) is 70.7 Å². The second-order valence-corrected chi connectivity index (χ2v) is 8.01. The van der Waals surface area contributed by atoms with Gasteiger partial charge in [0.05, 0.1) is 13.2 Å². The van der Waals surface area contributed by atoms with Crippen LogP contribution in [0.15, 0.2) is 48.5 Å². The summed E-state index contributed by atoms with van der Waals surface area (Å²) in [5, 5.41) is 5.91. The number of carbonyl (C=O) groups excluding carboxylic acids is 2. The van der Waals surface area contributed by atoms with Crippen LogP contribution in [0.2, 0.25) is 0 Å². The lowest BCUT2D eigenvalue weighted by Gasteiger charge is -2.35. The van der Waals surface area contributed by atoms with Gasteiger partial charge in [0.1, 0.15) is 5.75 Å². The third-order valence-corrected chi connectivity index (χ3v) is 5.85. The number of nitrogens with zero attached hydrogens (tertiary/aromatic N) is 1. The van der Waals surface area contributed by atoms with Crippen molar-refractivity contribution < 1.29 is 14.3 Å². The molecule has 2 N–H and O–H groups in total. The van der Waals surface area contributed by atoms with Gasteiger partial charge in [0.25, 0.3) is 5.91 Å². The fourth-order valence-corrected chi connectivity index (χ4v) is 4.03. The lowest BCUT2D eigenvalue weighted by atomic mass is 10.0. The van der Waals surface area contributed by atoms with Crippen molar-refractivity contribution >= 4 is 11.8 Å². The lowest BCUT2D eigenvalue weighted by molar-refractivity contribution is -0.121. The number of hydrogen-bond donors (Lipinski definition) is 2. The van der Waals surface area contributed by atoms with E-state index in [1.54, 1.807) is 13.2 Å². The van der Waals surface area contributed by atoms with Crippen molar-refractivity contribution in [3.05, 3.63) is 65.2 Å². The van der Waals surface area contributed by atoms with Gasteiger partial charge in [-0.15, -0.1) is 0 Å². The molecule has 1 fully saturated rings. The van der Waals surface area contributed by atoms with E-state index in [1.165, 1.54) is 24.8 Å². The first kappa shape index (κ1) is 22.8. The largest absolute Gasteiger partial charge is 0.497 e. The summed E-state index contributed by atoms with van der Waals surface area (Å²) in [5.41, 5.74) is 2.75. The number of hydrogen-bond acceptors (Lipinski definition) is 4. The van der Waals surface area contributed by atoms with Gasteiger partial charge in [-0.2, -0.15) is 0 Å². The predicted octanol–water partition coefficient (Wildman–Crippen LogP) is 3.47. The molecular formula is C25H33N3O3. The average molecular weight is 424 g/mol. The normalized spacial score (nSPS) is 15.2. The van der Waals surface area contributed by atoms with Crippen molar-refractivity contribution in [3.63, 3.8) is 0 Å². The SMILES string of the molecule is COc1ccc(C(CNC(=O)CCNC(=O)c2ccccc2C)N2CCCCC2)cc1. The highest BCUT2D eigenvalue weighted by molar-refractivity contribution is 5.95. The number of piperidine rings is 1. The van der Waals surface area contributed by atoms with Gasteiger partial charge in [0, 0.05) is 25.1 Å². The van der Waals surface area contributed by atoms with E-state index in [-0.39, 0.29) is 24.3 Å². The molecule has 1 aliphatic rings. The third kappa shape index (κ3) is 6.56. The number of likely N-dealkylation sites (tertiary alicyclic amines) is 1. The number of carbonyl (C=O) groups is 2. The van der Waals surface area contributed by atoms with Crippen LogP contribution in [0.4, 0.5) is 0 Å². The third-order valence-electron chi connectivity index (χ3n) is 5.85. The maximum Gasteiger partial charge on any atom is 0.251 e. The molecule has 0 bridgehead atoms. The minimum atomic E-state index is -0.143. The first-order valence-electron chi connectivity index (χ1n) is 11.1. The summed E-state index contributed by atoms with van der Waals surface area (Å²) in [5.74, 6) is 0.630. The highest BCUT2D eigenvalue weighted by Crippen LogP contribution is 2.25. The smallest absolute Gasteiger partial charge is 0.251 e. The molecule has 0 aliphatic carbocycles. The van der Waals surface area contributed by atoms with Gasteiger partial charge in [0.2, 0.25) is 5.91 Å². The van der Waals surface area contributed by atoms with Crippen molar-refractivity contribution in [2.75, 3.05) is 33.3 Å². The molecule has 166 valence electrons. The molecule has 1 aliphatic heterocycles. The standard InChI is InChI=1S/C25H33N3O3/c1-19-8-4-5-9-22(19)25(30)26-15-14-24(29)27-18-23(28-16-6-3-7-17-28)20-10-12-21(31-2)13-11-20/h4-5,8-13,23H,3,6-7,14-18H2,1-2H3,(H,26,30)(H,27,29). The zero-order valence-corrected chi connectivity index (χ0v) is 18.5. The summed E-state index contributed by atoms with van der Waals surface area (Å²) in [6, 6.07) is 15.7. The molecule has 1 unspecified atom stereocenters. The van der Waals surface area contributed by atoms with Crippen molar-refractivity contribution in [1.82, 2.24) is 15.5 Å². The van der Waals surface area contributed by atoms with Crippen LogP contribution < -0.4 is 15.4 Å². The van der Waals surface area contributed by atoms with Gasteiger partial charge in [-0.3, -0.25) is 14.5 Å². The summed E-state index contributed by atoms with van der Waals surface area (Å²) >= 11 is 0. The van der Waals surface area contributed by atoms with E-state index in [1.807, 2.05) is 37.3 Å². The predicted molar refractivity (Wildman–Crippen MR) is 122 cm³/mol. The first-order valence-corrected chi connectivity index (χ1v) is 11.1. The molecule has 2 aromatic rings. The van der Waals surface area contributed by atoms with Crippen LogP contribution in [0.25, 0.3) is 0 Å². The van der Waals surface area contributed by atoms with E-state index in [2.05, 4.69) is 27.7 Å². The minimum absolute atomic E-state index is 0.0550. The lowest BCUT2D eigenvalue weighted by Crippen LogP contribution is -2.41. The summed E-state index contributed by atoms with van der Waals surface area (Å²) < 4.78 is 5.28. The van der Waals surface area contributed by atoms with Crippen LogP contribution in [0, 0.1) is 6.92 Å². The van der Waals surface area contributed by atoms with Crippen molar-refractivity contribution in [2.45, 2.75) is 38.6 Å². The zero-order chi connectivity index (χ0) is 22.1. The maximum absolute atomic E-state index is 12.4. The Morgan fingerprint density at radius 3 is 2.39 bits per heavy atom. The summed E-state index contributed by atoms with van der Waals surface area (Å²) in [7, 11) is 1.66. The van der Waals surface area contributed by atoms with Gasteiger partial charge in [-0.05, 0) is 62.2 Å².